The molecule has 0 fully saturated rings. The van der Waals surface area contributed by atoms with Crippen molar-refractivity contribution in [2.75, 3.05) is 0 Å². The Bertz CT molecular complexity index is 213. The van der Waals surface area contributed by atoms with Gasteiger partial charge in [0.1, 0.15) is 5.92 Å². The fourth-order valence-electron chi connectivity index (χ4n) is 0.812. The van der Waals surface area contributed by atoms with Gasteiger partial charge in [0, 0.05) is 0 Å². The summed E-state index contributed by atoms with van der Waals surface area (Å²) in [5, 5.41) is 8.75. The number of hydrogen-bond acceptors (Lipinski definition) is 3. The second-order valence-corrected chi connectivity index (χ2v) is 2.80. The number of amides is 1. The minimum atomic E-state index is -0.570. The fourth-order valence-corrected chi connectivity index (χ4v) is 0.812. The van der Waals surface area contributed by atoms with Crippen molar-refractivity contribution >= 4 is 5.91 Å². The first kappa shape index (κ1) is 11.0. The lowest BCUT2D eigenvalue weighted by Crippen LogP contribution is -2.39. The second-order valence-electron chi connectivity index (χ2n) is 2.80. The quantitative estimate of drug-likeness (QED) is 0.207. The SMILES string of the molecule is CC#CC(C(=O)N(N)O)C(C)C. The third-order valence-electron chi connectivity index (χ3n) is 1.46. The molecule has 3 N–H and O–H groups in total. The lowest BCUT2D eigenvalue weighted by atomic mass is 9.96. The van der Waals surface area contributed by atoms with Crippen molar-refractivity contribution in [3.05, 3.63) is 0 Å². The van der Waals surface area contributed by atoms with Gasteiger partial charge in [0.2, 0.25) is 0 Å². The van der Waals surface area contributed by atoms with E-state index in [0.717, 1.165) is 0 Å². The maximum atomic E-state index is 11.1. The lowest BCUT2D eigenvalue weighted by molar-refractivity contribution is -0.170. The summed E-state index contributed by atoms with van der Waals surface area (Å²) in [5.74, 6) is 9.13. The van der Waals surface area contributed by atoms with Crippen molar-refractivity contribution in [3.63, 3.8) is 0 Å². The predicted octanol–water partition coefficient (Wildman–Crippen LogP) is 0.373. The number of carbonyl (C=O) groups excluding carboxylic acids is 1. The topological polar surface area (TPSA) is 66.6 Å². The molecular formula is C8H14N2O2. The van der Waals surface area contributed by atoms with E-state index < -0.39 is 11.8 Å². The fraction of sp³-hybridized carbons (Fsp3) is 0.625. The van der Waals surface area contributed by atoms with Gasteiger partial charge in [-0.3, -0.25) is 10.0 Å². The van der Waals surface area contributed by atoms with Crippen molar-refractivity contribution in [1.29, 1.82) is 0 Å². The number of hydroxylamine groups is 1. The van der Waals surface area contributed by atoms with Crippen LogP contribution in [0.4, 0.5) is 0 Å². The van der Waals surface area contributed by atoms with Gasteiger partial charge in [-0.25, -0.2) is 5.84 Å². The maximum Gasteiger partial charge on any atom is 0.276 e. The predicted molar refractivity (Wildman–Crippen MR) is 44.6 cm³/mol. The average Bonchev–Trinajstić information content (AvgIpc) is 1.98. The van der Waals surface area contributed by atoms with Crippen LogP contribution >= 0.6 is 0 Å². The summed E-state index contributed by atoms with van der Waals surface area (Å²) in [6.07, 6.45) is 0. The first-order chi connectivity index (χ1) is 5.50. The van der Waals surface area contributed by atoms with Gasteiger partial charge >= 0.3 is 0 Å². The highest BCUT2D eigenvalue weighted by molar-refractivity contribution is 5.80. The Balaban J connectivity index is 4.48. The van der Waals surface area contributed by atoms with Gasteiger partial charge in [0.05, 0.1) is 0 Å². The van der Waals surface area contributed by atoms with Gasteiger partial charge in [-0.1, -0.05) is 19.8 Å². The molecule has 68 valence electrons. The molecule has 0 aliphatic rings. The van der Waals surface area contributed by atoms with Crippen LogP contribution in [0.15, 0.2) is 0 Å². The average molecular weight is 170 g/mol. The molecule has 1 unspecified atom stereocenters. The van der Waals surface area contributed by atoms with Crippen LogP contribution in [0.5, 0.6) is 0 Å². The Morgan fingerprint density at radius 1 is 1.58 bits per heavy atom. The monoisotopic (exact) mass is 170 g/mol. The molecule has 1 atom stereocenters. The van der Waals surface area contributed by atoms with Gasteiger partial charge in [0.15, 0.2) is 0 Å². The number of hydrogen-bond donors (Lipinski definition) is 2. The lowest BCUT2D eigenvalue weighted by Gasteiger charge is -2.16. The van der Waals surface area contributed by atoms with Crippen molar-refractivity contribution in [1.82, 2.24) is 5.17 Å². The molecule has 0 saturated carbocycles. The number of nitrogens with zero attached hydrogens (tertiary/aromatic N) is 1. The molecule has 1 amide bonds. The molecule has 0 saturated heterocycles. The van der Waals surface area contributed by atoms with E-state index in [0.29, 0.717) is 0 Å². The van der Waals surface area contributed by atoms with E-state index in [2.05, 4.69) is 11.8 Å². The largest absolute Gasteiger partial charge is 0.276 e. The summed E-state index contributed by atoms with van der Waals surface area (Å²) in [4.78, 5) is 11.1. The standard InChI is InChI=1S/C8H14N2O2/c1-4-5-7(6(2)3)8(11)10(9)12/h6-7,12H,9H2,1-3H3. The summed E-state index contributed by atoms with van der Waals surface area (Å²) in [6.45, 7) is 5.33. The molecule has 12 heavy (non-hydrogen) atoms. The minimum absolute atomic E-state index is 0.0446. The smallest absolute Gasteiger partial charge is 0.271 e. The zero-order valence-electron chi connectivity index (χ0n) is 7.53. The Morgan fingerprint density at radius 3 is 2.33 bits per heavy atom. The van der Waals surface area contributed by atoms with E-state index >= 15 is 0 Å². The van der Waals surface area contributed by atoms with Gasteiger partial charge in [-0.05, 0) is 12.8 Å². The molecule has 0 rings (SSSR count). The highest BCUT2D eigenvalue weighted by Crippen LogP contribution is 2.10. The van der Waals surface area contributed by atoms with Gasteiger partial charge in [0.25, 0.3) is 5.91 Å². The Labute approximate surface area is 72.3 Å². The molecule has 0 radical (unpaired) electrons. The van der Waals surface area contributed by atoms with E-state index in [1.807, 2.05) is 13.8 Å². The molecular weight excluding hydrogens is 156 g/mol. The molecule has 0 aromatic rings. The highest BCUT2D eigenvalue weighted by Gasteiger charge is 2.22. The third kappa shape index (κ3) is 2.91. The molecule has 0 spiro atoms. The number of carbonyl (C=O) groups is 1. The van der Waals surface area contributed by atoms with Crippen LogP contribution in [0, 0.1) is 23.7 Å². The third-order valence-corrected chi connectivity index (χ3v) is 1.46. The Kier molecular flexibility index (Phi) is 4.34. The highest BCUT2D eigenvalue weighted by atomic mass is 16.5. The maximum absolute atomic E-state index is 11.1. The van der Waals surface area contributed by atoms with Crippen molar-refractivity contribution < 1.29 is 10.0 Å². The van der Waals surface area contributed by atoms with Crippen LogP contribution in [-0.4, -0.2) is 16.3 Å². The van der Waals surface area contributed by atoms with E-state index in [1.165, 1.54) is 0 Å². The number of rotatable bonds is 2. The van der Waals surface area contributed by atoms with Crippen LogP contribution in [0.25, 0.3) is 0 Å². The van der Waals surface area contributed by atoms with Crippen molar-refractivity contribution in [2.24, 2.45) is 17.7 Å². The van der Waals surface area contributed by atoms with E-state index in [4.69, 9.17) is 11.0 Å². The van der Waals surface area contributed by atoms with Crippen LogP contribution in [0.2, 0.25) is 0 Å². The van der Waals surface area contributed by atoms with Crippen LogP contribution < -0.4 is 5.84 Å². The van der Waals surface area contributed by atoms with Crippen LogP contribution in [0.1, 0.15) is 20.8 Å². The summed E-state index contributed by atoms with van der Waals surface area (Å²) in [7, 11) is 0. The first-order valence-electron chi connectivity index (χ1n) is 3.70. The molecule has 0 bridgehead atoms. The molecule has 0 aliphatic heterocycles. The second kappa shape index (κ2) is 4.75. The number of nitrogens with two attached hydrogens (primary N) is 1. The summed E-state index contributed by atoms with van der Waals surface area (Å²) >= 11 is 0. The first-order valence-corrected chi connectivity index (χ1v) is 3.70. The van der Waals surface area contributed by atoms with E-state index in [9.17, 15) is 4.79 Å². The summed E-state index contributed by atoms with van der Waals surface area (Å²) in [5.41, 5.74) is 0. The van der Waals surface area contributed by atoms with E-state index in [1.54, 1.807) is 6.92 Å². The molecule has 0 aliphatic carbocycles. The van der Waals surface area contributed by atoms with Crippen molar-refractivity contribution in [3.8, 4) is 11.8 Å². The van der Waals surface area contributed by atoms with Gasteiger partial charge in [-0.2, -0.15) is 5.17 Å². The zero-order valence-corrected chi connectivity index (χ0v) is 7.53. The number of hydrazine groups is 1. The molecule has 0 aromatic heterocycles. The van der Waals surface area contributed by atoms with Crippen molar-refractivity contribution in [2.45, 2.75) is 20.8 Å². The molecule has 0 heterocycles. The Morgan fingerprint density at radius 2 is 2.08 bits per heavy atom. The van der Waals surface area contributed by atoms with Crippen LogP contribution in [-0.2, 0) is 4.79 Å². The van der Waals surface area contributed by atoms with Crippen LogP contribution in [0.3, 0.4) is 0 Å². The molecule has 4 heteroatoms. The molecule has 4 nitrogen and oxygen atoms in total. The van der Waals surface area contributed by atoms with E-state index in [-0.39, 0.29) is 11.1 Å². The van der Waals surface area contributed by atoms with Gasteiger partial charge < -0.3 is 0 Å². The molecule has 0 aromatic carbocycles. The zero-order chi connectivity index (χ0) is 9.72. The van der Waals surface area contributed by atoms with Gasteiger partial charge in [-0.15, -0.1) is 5.92 Å². The minimum Gasteiger partial charge on any atom is -0.271 e. The normalized spacial score (nSPS) is 11.8. The summed E-state index contributed by atoms with van der Waals surface area (Å²) < 4.78 is 0. The Hall–Kier alpha value is -1.05. The summed E-state index contributed by atoms with van der Waals surface area (Å²) in [6, 6.07) is 0.